The molecule has 3 rings (SSSR count). The number of nitrogens with two attached hydrogens (primary N) is 1. The fourth-order valence-corrected chi connectivity index (χ4v) is 2.29. The third kappa shape index (κ3) is 3.16. The molecule has 3 aromatic rings. The average molecular weight is 325 g/mol. The third-order valence-electron chi connectivity index (χ3n) is 3.52. The van der Waals surface area contributed by atoms with Gasteiger partial charge in [-0.1, -0.05) is 0 Å². The van der Waals surface area contributed by atoms with Crippen LogP contribution in [0.5, 0.6) is 0 Å². The molecule has 2 aromatic heterocycles. The first-order valence-electron chi connectivity index (χ1n) is 7.37. The van der Waals surface area contributed by atoms with Gasteiger partial charge in [-0.3, -0.25) is 14.9 Å². The number of nitrogens with zero attached hydrogens (tertiary/aromatic N) is 2. The Morgan fingerprint density at radius 3 is 2.46 bits per heavy atom. The van der Waals surface area contributed by atoms with Gasteiger partial charge in [-0.15, -0.1) is 0 Å². The topological polar surface area (TPSA) is 96.7 Å². The molecule has 1 unspecified atom stereocenters. The number of carbonyl (C=O) groups is 1. The number of rotatable bonds is 4. The molecule has 6 nitrogen and oxygen atoms in total. The first kappa shape index (κ1) is 15.8. The van der Waals surface area contributed by atoms with E-state index in [-0.39, 0.29) is 11.7 Å². The van der Waals surface area contributed by atoms with Gasteiger partial charge in [0, 0.05) is 18.0 Å². The molecule has 122 valence electrons. The van der Waals surface area contributed by atoms with E-state index in [9.17, 15) is 9.18 Å². The molecule has 0 fully saturated rings. The average Bonchev–Trinajstić information content (AvgIpc) is 2.99. The molecule has 0 bridgehead atoms. The highest BCUT2D eigenvalue weighted by Gasteiger charge is 2.19. The van der Waals surface area contributed by atoms with Crippen LogP contribution in [0.4, 0.5) is 10.2 Å². The van der Waals surface area contributed by atoms with E-state index < -0.39 is 6.04 Å². The number of carbonyl (C=O) groups excluding carboxylic acids is 1. The first-order chi connectivity index (χ1) is 11.6. The molecule has 0 aliphatic heterocycles. The maximum absolute atomic E-state index is 13.2. The second kappa shape index (κ2) is 6.59. The van der Waals surface area contributed by atoms with Gasteiger partial charge in [0.05, 0.1) is 17.3 Å². The van der Waals surface area contributed by atoms with Crippen LogP contribution in [0.15, 0.2) is 48.8 Å². The predicted molar refractivity (Wildman–Crippen MR) is 89.5 cm³/mol. The molecular weight excluding hydrogens is 309 g/mol. The van der Waals surface area contributed by atoms with E-state index in [4.69, 9.17) is 5.73 Å². The molecule has 0 saturated carbocycles. The highest BCUT2D eigenvalue weighted by Crippen LogP contribution is 2.35. The summed E-state index contributed by atoms with van der Waals surface area (Å²) in [6.07, 6.45) is 3.29. The molecule has 24 heavy (non-hydrogen) atoms. The zero-order valence-electron chi connectivity index (χ0n) is 13.0. The number of nitrogens with one attached hydrogen (secondary N) is 2. The fraction of sp³-hybridized carbons (Fsp3) is 0.118. The Hall–Kier alpha value is -3.06. The highest BCUT2D eigenvalue weighted by molar-refractivity contribution is 5.99. The Morgan fingerprint density at radius 2 is 1.83 bits per heavy atom. The van der Waals surface area contributed by atoms with Gasteiger partial charge in [0.15, 0.2) is 5.82 Å². The summed E-state index contributed by atoms with van der Waals surface area (Å²) >= 11 is 0. The van der Waals surface area contributed by atoms with Crippen LogP contribution in [0.25, 0.3) is 22.4 Å². The summed E-state index contributed by atoms with van der Waals surface area (Å²) in [4.78, 5) is 15.9. The molecule has 0 saturated heterocycles. The number of anilines is 1. The largest absolute Gasteiger partial charge is 0.320 e. The number of halogens is 1. The zero-order chi connectivity index (χ0) is 17.1. The molecule has 1 aromatic carbocycles. The van der Waals surface area contributed by atoms with Crippen LogP contribution in [-0.4, -0.2) is 27.1 Å². The van der Waals surface area contributed by atoms with Gasteiger partial charge in [-0.05, 0) is 48.9 Å². The summed E-state index contributed by atoms with van der Waals surface area (Å²) in [5.74, 6) is -0.306. The quantitative estimate of drug-likeness (QED) is 0.687. The van der Waals surface area contributed by atoms with Gasteiger partial charge in [0.1, 0.15) is 5.82 Å². The summed E-state index contributed by atoms with van der Waals surface area (Å²) in [6.45, 7) is 1.59. The van der Waals surface area contributed by atoms with Crippen LogP contribution < -0.4 is 11.1 Å². The highest BCUT2D eigenvalue weighted by atomic mass is 19.1. The van der Waals surface area contributed by atoms with Gasteiger partial charge in [0.25, 0.3) is 0 Å². The van der Waals surface area contributed by atoms with Crippen molar-refractivity contribution in [2.75, 3.05) is 5.32 Å². The molecule has 0 aliphatic rings. The van der Waals surface area contributed by atoms with Gasteiger partial charge in [0.2, 0.25) is 5.91 Å². The normalized spacial score (nSPS) is 12.0. The van der Waals surface area contributed by atoms with E-state index >= 15 is 0 Å². The van der Waals surface area contributed by atoms with Gasteiger partial charge < -0.3 is 11.1 Å². The predicted octanol–water partition coefficient (Wildman–Crippen LogP) is 2.56. The lowest BCUT2D eigenvalue weighted by atomic mass is 10.0. The Kier molecular flexibility index (Phi) is 4.35. The van der Waals surface area contributed by atoms with Gasteiger partial charge in [-0.2, -0.15) is 5.10 Å². The Balaban J connectivity index is 2.11. The molecular formula is C17H16FN5O. The van der Waals surface area contributed by atoms with Crippen molar-refractivity contribution in [1.29, 1.82) is 0 Å². The van der Waals surface area contributed by atoms with E-state index in [1.165, 1.54) is 12.1 Å². The van der Waals surface area contributed by atoms with Crippen LogP contribution in [0.2, 0.25) is 0 Å². The van der Waals surface area contributed by atoms with Crippen LogP contribution in [0, 0.1) is 5.82 Å². The number of amides is 1. The van der Waals surface area contributed by atoms with Crippen molar-refractivity contribution in [3.05, 3.63) is 54.6 Å². The summed E-state index contributed by atoms with van der Waals surface area (Å²) in [5.41, 5.74) is 8.53. The Labute approximate surface area is 137 Å². The lowest BCUT2D eigenvalue weighted by molar-refractivity contribution is -0.117. The number of pyridine rings is 1. The van der Waals surface area contributed by atoms with Crippen LogP contribution in [0.1, 0.15) is 6.92 Å². The Morgan fingerprint density at radius 1 is 1.17 bits per heavy atom. The van der Waals surface area contributed by atoms with E-state index in [1.54, 1.807) is 43.6 Å². The fourth-order valence-electron chi connectivity index (χ4n) is 2.29. The molecule has 0 spiro atoms. The number of benzene rings is 1. The van der Waals surface area contributed by atoms with E-state index in [2.05, 4.69) is 20.5 Å². The van der Waals surface area contributed by atoms with Crippen molar-refractivity contribution < 1.29 is 9.18 Å². The van der Waals surface area contributed by atoms with Crippen molar-refractivity contribution in [1.82, 2.24) is 15.2 Å². The van der Waals surface area contributed by atoms with Crippen molar-refractivity contribution in [2.24, 2.45) is 5.73 Å². The van der Waals surface area contributed by atoms with Crippen LogP contribution >= 0.6 is 0 Å². The smallest absolute Gasteiger partial charge is 0.242 e. The van der Waals surface area contributed by atoms with Crippen LogP contribution in [0.3, 0.4) is 0 Å². The number of H-pyrrole nitrogens is 1. The van der Waals surface area contributed by atoms with Crippen molar-refractivity contribution >= 4 is 11.7 Å². The van der Waals surface area contributed by atoms with E-state index in [0.29, 0.717) is 17.1 Å². The minimum Gasteiger partial charge on any atom is -0.320 e. The summed E-state index contributed by atoms with van der Waals surface area (Å²) in [5, 5.41) is 9.80. The van der Waals surface area contributed by atoms with Crippen LogP contribution in [-0.2, 0) is 4.79 Å². The summed E-state index contributed by atoms with van der Waals surface area (Å²) < 4.78 is 13.2. The lowest BCUT2D eigenvalue weighted by Crippen LogP contribution is -2.32. The maximum atomic E-state index is 13.2. The monoisotopic (exact) mass is 325 g/mol. The third-order valence-corrected chi connectivity index (χ3v) is 3.52. The van der Waals surface area contributed by atoms with Crippen molar-refractivity contribution in [3.63, 3.8) is 0 Å². The molecule has 7 heteroatoms. The molecule has 1 atom stereocenters. The second-order valence-electron chi connectivity index (χ2n) is 5.34. The van der Waals surface area contributed by atoms with E-state index in [0.717, 1.165) is 11.1 Å². The summed E-state index contributed by atoms with van der Waals surface area (Å²) in [7, 11) is 0. The minimum atomic E-state index is -0.665. The first-order valence-corrected chi connectivity index (χ1v) is 7.37. The number of hydrogen-bond donors (Lipinski definition) is 3. The Bertz CT molecular complexity index is 843. The maximum Gasteiger partial charge on any atom is 0.242 e. The van der Waals surface area contributed by atoms with Gasteiger partial charge >= 0.3 is 0 Å². The SMILES string of the molecule is CC(N)C(=O)Nc1n[nH]c(-c2ccc(F)cc2)c1-c1ccncc1. The zero-order valence-corrected chi connectivity index (χ0v) is 13.0. The molecule has 2 heterocycles. The van der Waals surface area contributed by atoms with Crippen molar-refractivity contribution in [3.8, 4) is 22.4 Å². The molecule has 0 radical (unpaired) electrons. The summed E-state index contributed by atoms with van der Waals surface area (Å²) in [6, 6.07) is 8.97. The number of hydrogen-bond acceptors (Lipinski definition) is 4. The van der Waals surface area contributed by atoms with Gasteiger partial charge in [-0.25, -0.2) is 4.39 Å². The standard InChI is InChI=1S/C17H16FN5O/c1-10(19)17(24)21-16-14(11-6-8-20-9-7-11)15(22-23-16)12-2-4-13(18)5-3-12/h2-10H,19H2,1H3,(H2,21,22,23,24). The molecule has 0 aliphatic carbocycles. The lowest BCUT2D eigenvalue weighted by Gasteiger charge is -2.09. The number of aromatic amines is 1. The minimum absolute atomic E-state index is 0.325. The molecule has 4 N–H and O–H groups in total. The van der Waals surface area contributed by atoms with E-state index in [1.807, 2.05) is 0 Å². The second-order valence-corrected chi connectivity index (χ2v) is 5.34. The van der Waals surface area contributed by atoms with Crippen molar-refractivity contribution in [2.45, 2.75) is 13.0 Å². The molecule has 1 amide bonds. The number of aromatic nitrogens is 3.